The maximum Gasteiger partial charge on any atom is 0.230 e. The van der Waals surface area contributed by atoms with Crippen LogP contribution in [0.1, 0.15) is 26.0 Å². The Morgan fingerprint density at radius 3 is 2.83 bits per heavy atom. The van der Waals surface area contributed by atoms with Crippen LogP contribution in [0.4, 0.5) is 5.95 Å². The van der Waals surface area contributed by atoms with Gasteiger partial charge in [-0.15, -0.1) is 0 Å². The van der Waals surface area contributed by atoms with Gasteiger partial charge in [-0.3, -0.25) is 4.79 Å². The van der Waals surface area contributed by atoms with E-state index < -0.39 is 0 Å². The number of carbonyl (C=O) groups excluding carboxylic acids is 1. The molecule has 1 rings (SSSR count). The number of nitrogens with one attached hydrogen (secondary N) is 2. The topological polar surface area (TPSA) is 66.9 Å². The van der Waals surface area contributed by atoms with E-state index in [2.05, 4.69) is 20.6 Å². The monoisotopic (exact) mass is 268 g/mol. The average molecular weight is 268 g/mol. The fourth-order valence-electron chi connectivity index (χ4n) is 1.31. The van der Waals surface area contributed by atoms with Crippen molar-refractivity contribution in [1.29, 1.82) is 0 Å². The molecular weight excluding hydrogens is 248 g/mol. The number of carbonyl (C=O) groups is 1. The Bertz CT molecular complexity index is 398. The molecule has 1 heterocycles. The van der Waals surface area contributed by atoms with Crippen LogP contribution in [0.5, 0.6) is 0 Å². The van der Waals surface area contributed by atoms with Gasteiger partial charge in [0, 0.05) is 18.8 Å². The molecule has 5 nitrogen and oxygen atoms in total. The zero-order chi connectivity index (χ0) is 13.4. The van der Waals surface area contributed by atoms with Crippen LogP contribution in [0, 0.1) is 6.92 Å². The molecule has 1 amide bonds. The van der Waals surface area contributed by atoms with Crippen LogP contribution in [0.25, 0.3) is 0 Å². The van der Waals surface area contributed by atoms with E-state index in [-0.39, 0.29) is 5.91 Å². The van der Waals surface area contributed by atoms with Crippen LogP contribution in [-0.4, -0.2) is 34.7 Å². The lowest BCUT2D eigenvalue weighted by Crippen LogP contribution is -2.25. The van der Waals surface area contributed by atoms with Crippen LogP contribution in [0.2, 0.25) is 0 Å². The van der Waals surface area contributed by atoms with Gasteiger partial charge in [0.2, 0.25) is 11.9 Å². The van der Waals surface area contributed by atoms with E-state index in [1.807, 2.05) is 26.8 Å². The fraction of sp³-hybridized carbons (Fsp3) is 0.583. The lowest BCUT2D eigenvalue weighted by Gasteiger charge is -2.06. The Morgan fingerprint density at radius 2 is 2.17 bits per heavy atom. The van der Waals surface area contributed by atoms with Crippen molar-refractivity contribution in [1.82, 2.24) is 15.3 Å². The Morgan fingerprint density at radius 1 is 1.39 bits per heavy atom. The smallest absolute Gasteiger partial charge is 0.230 e. The highest BCUT2D eigenvalue weighted by molar-refractivity contribution is 7.99. The normalized spacial score (nSPS) is 10.2. The number of hydrogen-bond donors (Lipinski definition) is 2. The molecule has 2 N–H and O–H groups in total. The van der Waals surface area contributed by atoms with Crippen molar-refractivity contribution in [3.63, 3.8) is 0 Å². The number of hydrogen-bond acceptors (Lipinski definition) is 5. The summed E-state index contributed by atoms with van der Waals surface area (Å²) in [4.78, 5) is 20.1. The largest absolute Gasteiger partial charge is 0.355 e. The Kier molecular flexibility index (Phi) is 6.49. The highest BCUT2D eigenvalue weighted by atomic mass is 32.2. The molecular formula is C12H20N4OS. The maximum absolute atomic E-state index is 11.5. The minimum absolute atomic E-state index is 0.0446. The van der Waals surface area contributed by atoms with E-state index in [9.17, 15) is 4.79 Å². The molecule has 0 unspecified atom stereocenters. The second-order valence-electron chi connectivity index (χ2n) is 3.84. The second kappa shape index (κ2) is 7.92. The van der Waals surface area contributed by atoms with Gasteiger partial charge in [-0.2, -0.15) is 0 Å². The fourth-order valence-corrected chi connectivity index (χ4v) is 2.09. The predicted octanol–water partition coefficient (Wildman–Crippen LogP) is 1.84. The number of rotatable bonds is 7. The van der Waals surface area contributed by atoms with E-state index >= 15 is 0 Å². The molecule has 0 radical (unpaired) electrons. The quantitative estimate of drug-likeness (QED) is 0.583. The van der Waals surface area contributed by atoms with Gasteiger partial charge in [-0.05, 0) is 26.3 Å². The van der Waals surface area contributed by atoms with Crippen molar-refractivity contribution in [2.75, 3.05) is 24.2 Å². The van der Waals surface area contributed by atoms with Crippen LogP contribution >= 0.6 is 11.8 Å². The summed E-state index contributed by atoms with van der Waals surface area (Å²) in [7, 11) is 0. The number of nitrogens with zero attached hydrogens (tertiary/aromatic N) is 2. The first-order chi connectivity index (χ1) is 8.65. The summed E-state index contributed by atoms with van der Waals surface area (Å²) >= 11 is 1.43. The summed E-state index contributed by atoms with van der Waals surface area (Å²) in [6, 6.07) is 1.89. The van der Waals surface area contributed by atoms with Gasteiger partial charge in [-0.25, -0.2) is 9.97 Å². The van der Waals surface area contributed by atoms with Gasteiger partial charge in [0.05, 0.1) is 5.75 Å². The molecule has 100 valence electrons. The van der Waals surface area contributed by atoms with Gasteiger partial charge in [0.25, 0.3) is 0 Å². The van der Waals surface area contributed by atoms with Gasteiger partial charge in [0.1, 0.15) is 5.03 Å². The third-order valence-corrected chi connectivity index (χ3v) is 3.00. The zero-order valence-corrected chi connectivity index (χ0v) is 11.9. The number of aromatic nitrogens is 2. The Labute approximate surface area is 112 Å². The molecule has 0 fully saturated rings. The molecule has 1 aromatic heterocycles. The average Bonchev–Trinajstić information content (AvgIpc) is 2.33. The number of thioether (sulfide) groups is 1. The summed E-state index contributed by atoms with van der Waals surface area (Å²) in [5.74, 6) is 1.05. The van der Waals surface area contributed by atoms with Crippen LogP contribution in [0.15, 0.2) is 11.1 Å². The molecule has 0 aliphatic carbocycles. The maximum atomic E-state index is 11.5. The first-order valence-corrected chi connectivity index (χ1v) is 7.13. The number of amides is 1. The Balaban J connectivity index is 2.53. The van der Waals surface area contributed by atoms with E-state index in [0.29, 0.717) is 11.7 Å². The number of anilines is 1. The highest BCUT2D eigenvalue weighted by Gasteiger charge is 2.05. The van der Waals surface area contributed by atoms with Crippen molar-refractivity contribution in [3.8, 4) is 0 Å². The van der Waals surface area contributed by atoms with E-state index in [1.54, 1.807) is 0 Å². The third kappa shape index (κ3) is 5.35. The predicted molar refractivity (Wildman–Crippen MR) is 75.0 cm³/mol. The second-order valence-corrected chi connectivity index (χ2v) is 4.84. The highest BCUT2D eigenvalue weighted by Crippen LogP contribution is 2.17. The van der Waals surface area contributed by atoms with E-state index in [4.69, 9.17) is 0 Å². The van der Waals surface area contributed by atoms with E-state index in [0.717, 1.165) is 30.2 Å². The van der Waals surface area contributed by atoms with Crippen LogP contribution < -0.4 is 10.6 Å². The van der Waals surface area contributed by atoms with Gasteiger partial charge in [0.15, 0.2) is 0 Å². The SMILES string of the molecule is CCCNC(=O)CSc1cc(C)nc(NCC)n1. The molecule has 0 saturated carbocycles. The molecule has 18 heavy (non-hydrogen) atoms. The molecule has 0 atom stereocenters. The standard InChI is InChI=1S/C12H20N4OS/c1-4-6-14-10(17)8-18-11-7-9(3)15-12(16-11)13-5-2/h7H,4-6,8H2,1-3H3,(H,14,17)(H,13,15,16). The van der Waals surface area contributed by atoms with E-state index in [1.165, 1.54) is 11.8 Å². The summed E-state index contributed by atoms with van der Waals surface area (Å²) < 4.78 is 0. The minimum Gasteiger partial charge on any atom is -0.355 e. The minimum atomic E-state index is 0.0446. The van der Waals surface area contributed by atoms with Crippen LogP contribution in [0.3, 0.4) is 0 Å². The Hall–Kier alpha value is -1.30. The molecule has 0 saturated heterocycles. The summed E-state index contributed by atoms with van der Waals surface area (Å²) in [6.07, 6.45) is 0.952. The van der Waals surface area contributed by atoms with Crippen LogP contribution in [-0.2, 0) is 4.79 Å². The third-order valence-electron chi connectivity index (χ3n) is 2.09. The molecule has 0 bridgehead atoms. The molecule has 0 aliphatic heterocycles. The van der Waals surface area contributed by atoms with Crippen molar-refractivity contribution in [2.24, 2.45) is 0 Å². The van der Waals surface area contributed by atoms with Gasteiger partial charge < -0.3 is 10.6 Å². The van der Waals surface area contributed by atoms with Crippen molar-refractivity contribution >= 4 is 23.6 Å². The lowest BCUT2D eigenvalue weighted by molar-refractivity contribution is -0.118. The molecule has 0 spiro atoms. The van der Waals surface area contributed by atoms with Gasteiger partial charge in [-0.1, -0.05) is 18.7 Å². The summed E-state index contributed by atoms with van der Waals surface area (Å²) in [5, 5.41) is 6.74. The van der Waals surface area contributed by atoms with Crippen molar-refractivity contribution in [2.45, 2.75) is 32.2 Å². The lowest BCUT2D eigenvalue weighted by atomic mass is 10.5. The van der Waals surface area contributed by atoms with Gasteiger partial charge >= 0.3 is 0 Å². The molecule has 1 aromatic rings. The first-order valence-electron chi connectivity index (χ1n) is 6.14. The summed E-state index contributed by atoms with van der Waals surface area (Å²) in [5.41, 5.74) is 0.900. The molecule has 0 aliphatic rings. The zero-order valence-electron chi connectivity index (χ0n) is 11.1. The summed E-state index contributed by atoms with van der Waals surface area (Å²) in [6.45, 7) is 7.46. The van der Waals surface area contributed by atoms with Crippen molar-refractivity contribution < 1.29 is 4.79 Å². The van der Waals surface area contributed by atoms with Crippen molar-refractivity contribution in [3.05, 3.63) is 11.8 Å². The molecule has 0 aromatic carbocycles. The number of aryl methyl sites for hydroxylation is 1. The first kappa shape index (κ1) is 14.8. The molecule has 6 heteroatoms.